The maximum Gasteiger partial charge on any atom is 0.0600 e. The summed E-state index contributed by atoms with van der Waals surface area (Å²) in [6.07, 6.45) is 1.57. The average molecular weight is 221 g/mol. The van der Waals surface area contributed by atoms with Crippen LogP contribution in [0.2, 0.25) is 0 Å². The Morgan fingerprint density at radius 2 is 1.29 bits per heavy atom. The Labute approximate surface area is 101 Å². The van der Waals surface area contributed by atoms with Gasteiger partial charge in [-0.2, -0.15) is 0 Å². The fourth-order valence-electron chi connectivity index (χ4n) is 1.55. The van der Waals surface area contributed by atoms with Crippen LogP contribution in [0.3, 0.4) is 0 Å². The van der Waals surface area contributed by atoms with Crippen LogP contribution in [-0.2, 0) is 0 Å². The van der Waals surface area contributed by atoms with Crippen molar-refractivity contribution in [3.05, 3.63) is 83.6 Å². The van der Waals surface area contributed by atoms with E-state index in [4.69, 9.17) is 11.1 Å². The molecule has 2 N–H and O–H groups in total. The van der Waals surface area contributed by atoms with Crippen LogP contribution in [0.5, 0.6) is 0 Å². The van der Waals surface area contributed by atoms with E-state index < -0.39 is 0 Å². The molecule has 0 saturated carbocycles. The van der Waals surface area contributed by atoms with Crippen LogP contribution in [-0.4, -0.2) is 5.71 Å². The summed E-state index contributed by atoms with van der Waals surface area (Å²) in [5, 5.41) is 7.91. The Morgan fingerprint density at radius 3 is 1.82 bits per heavy atom. The summed E-state index contributed by atoms with van der Waals surface area (Å²) in [6.45, 7) is 0. The number of nitrogens with one attached hydrogen (secondary N) is 2. The lowest BCUT2D eigenvalue weighted by molar-refractivity contribution is 1.49. The molecule has 0 heterocycles. The highest BCUT2D eigenvalue weighted by atomic mass is 14.6. The van der Waals surface area contributed by atoms with Gasteiger partial charge in [0, 0.05) is 0 Å². The largest absolute Gasteiger partial charge is 0.698 e. The second-order valence-electron chi connectivity index (χ2n) is 3.70. The third-order valence-electron chi connectivity index (χ3n) is 2.46. The van der Waals surface area contributed by atoms with Crippen LogP contribution in [0.25, 0.3) is 11.4 Å². The number of allylic oxidation sites excluding steroid dienone is 1. The summed E-state index contributed by atoms with van der Waals surface area (Å²) in [7, 11) is 0. The van der Waals surface area contributed by atoms with E-state index >= 15 is 0 Å². The van der Waals surface area contributed by atoms with Crippen molar-refractivity contribution in [3.63, 3.8) is 0 Å². The molecule has 0 aromatic heterocycles. The van der Waals surface area contributed by atoms with Crippen molar-refractivity contribution in [1.82, 2.24) is 0 Å². The first kappa shape index (κ1) is 11.1. The molecule has 2 aromatic carbocycles. The van der Waals surface area contributed by atoms with E-state index in [1.54, 1.807) is 6.08 Å². The van der Waals surface area contributed by atoms with Gasteiger partial charge in [0.2, 0.25) is 0 Å². The second kappa shape index (κ2) is 5.12. The molecule has 17 heavy (non-hydrogen) atoms. The van der Waals surface area contributed by atoms with E-state index in [1.807, 2.05) is 60.7 Å². The average Bonchev–Trinajstić information content (AvgIpc) is 2.40. The summed E-state index contributed by atoms with van der Waals surface area (Å²) >= 11 is 0. The summed E-state index contributed by atoms with van der Waals surface area (Å²) in [5.41, 5.74) is 10.3. The summed E-state index contributed by atoms with van der Waals surface area (Å²) in [6, 6.07) is 18.9. The molecular weight excluding hydrogens is 208 g/mol. The molecule has 0 unspecified atom stereocenters. The first-order valence-corrected chi connectivity index (χ1v) is 5.40. The lowest BCUT2D eigenvalue weighted by Crippen LogP contribution is -1.94. The molecule has 2 heteroatoms. The van der Waals surface area contributed by atoms with Crippen LogP contribution >= 0.6 is 0 Å². The van der Waals surface area contributed by atoms with Gasteiger partial charge in [0.1, 0.15) is 0 Å². The predicted octanol–water partition coefficient (Wildman–Crippen LogP) is 4.15. The first-order chi connectivity index (χ1) is 8.27. The molecule has 2 nitrogen and oxygen atoms in total. The lowest BCUT2D eigenvalue weighted by atomic mass is 10.1. The van der Waals surface area contributed by atoms with E-state index in [0.717, 1.165) is 11.1 Å². The molecule has 0 radical (unpaired) electrons. The van der Waals surface area contributed by atoms with Gasteiger partial charge in [0.15, 0.2) is 0 Å². The smallest absolute Gasteiger partial charge is 0.0600 e. The Kier molecular flexibility index (Phi) is 3.36. The Morgan fingerprint density at radius 1 is 0.824 bits per heavy atom. The fourth-order valence-corrected chi connectivity index (χ4v) is 1.55. The standard InChI is InChI=1S/C15H13N2/c16-14(12-7-3-1-4-8-12)11-15(17)13-9-5-2-6-10-13/h1-11,16-17H/q-1/b14-11-,17-15?. The van der Waals surface area contributed by atoms with E-state index in [9.17, 15) is 0 Å². The minimum absolute atomic E-state index is 0.361. The highest BCUT2D eigenvalue weighted by Crippen LogP contribution is 2.15. The van der Waals surface area contributed by atoms with E-state index in [0.29, 0.717) is 11.4 Å². The zero-order valence-electron chi connectivity index (χ0n) is 9.35. The summed E-state index contributed by atoms with van der Waals surface area (Å²) in [5.74, 6) is 0. The third kappa shape index (κ3) is 2.82. The zero-order valence-corrected chi connectivity index (χ0v) is 9.35. The molecule has 0 saturated heterocycles. The van der Waals surface area contributed by atoms with Gasteiger partial charge in [0.25, 0.3) is 0 Å². The topological polar surface area (TPSA) is 47.7 Å². The quantitative estimate of drug-likeness (QED) is 0.757. The monoisotopic (exact) mass is 221 g/mol. The third-order valence-corrected chi connectivity index (χ3v) is 2.46. The minimum atomic E-state index is 0.361. The normalized spacial score (nSPS) is 11.2. The highest BCUT2D eigenvalue weighted by molar-refractivity contribution is 6.10. The second-order valence-corrected chi connectivity index (χ2v) is 3.70. The van der Waals surface area contributed by atoms with Crippen LogP contribution < -0.4 is 0 Å². The van der Waals surface area contributed by atoms with Gasteiger partial charge in [-0.1, -0.05) is 66.7 Å². The molecule has 0 fully saturated rings. The molecule has 0 aliphatic carbocycles. The van der Waals surface area contributed by atoms with Crippen LogP contribution in [0, 0.1) is 5.41 Å². The molecule has 84 valence electrons. The molecule has 0 amide bonds. The molecule has 0 aliphatic rings. The summed E-state index contributed by atoms with van der Waals surface area (Å²) < 4.78 is 0. The van der Waals surface area contributed by atoms with Crippen molar-refractivity contribution in [1.29, 1.82) is 5.41 Å². The molecule has 2 rings (SSSR count). The summed E-state index contributed by atoms with van der Waals surface area (Å²) in [4.78, 5) is 0. The Bertz CT molecular complexity index is 527. The number of hydrogen-bond donors (Lipinski definition) is 1. The van der Waals surface area contributed by atoms with E-state index in [2.05, 4.69) is 0 Å². The molecular formula is C15H13N2-. The van der Waals surface area contributed by atoms with Crippen LogP contribution in [0.15, 0.2) is 66.7 Å². The van der Waals surface area contributed by atoms with E-state index in [-0.39, 0.29) is 0 Å². The van der Waals surface area contributed by atoms with Crippen molar-refractivity contribution in [2.45, 2.75) is 0 Å². The molecule has 0 bridgehead atoms. The van der Waals surface area contributed by atoms with Crippen molar-refractivity contribution in [2.24, 2.45) is 0 Å². The van der Waals surface area contributed by atoms with Gasteiger partial charge >= 0.3 is 0 Å². The SMILES string of the molecule is N=C(/C=C(\[NH-])c1ccccc1)c1ccccc1. The predicted molar refractivity (Wildman–Crippen MR) is 72.0 cm³/mol. The lowest BCUT2D eigenvalue weighted by Gasteiger charge is -2.10. The van der Waals surface area contributed by atoms with Crippen LogP contribution in [0.1, 0.15) is 11.1 Å². The maximum absolute atomic E-state index is 7.91. The van der Waals surface area contributed by atoms with E-state index in [1.165, 1.54) is 0 Å². The number of hydrogen-bond acceptors (Lipinski definition) is 1. The number of rotatable bonds is 3. The highest BCUT2D eigenvalue weighted by Gasteiger charge is 1.96. The Hall–Kier alpha value is -2.35. The molecule has 0 spiro atoms. The fraction of sp³-hybridized carbons (Fsp3) is 0. The van der Waals surface area contributed by atoms with Crippen molar-refractivity contribution < 1.29 is 0 Å². The van der Waals surface area contributed by atoms with Gasteiger partial charge in [-0.05, 0) is 11.1 Å². The van der Waals surface area contributed by atoms with Crippen LogP contribution in [0.4, 0.5) is 0 Å². The Balaban J connectivity index is 2.24. The van der Waals surface area contributed by atoms with Gasteiger partial charge < -0.3 is 11.1 Å². The van der Waals surface area contributed by atoms with Crippen molar-refractivity contribution in [3.8, 4) is 0 Å². The zero-order chi connectivity index (χ0) is 12.1. The van der Waals surface area contributed by atoms with Crippen molar-refractivity contribution in [2.75, 3.05) is 0 Å². The van der Waals surface area contributed by atoms with Gasteiger partial charge in [-0.25, -0.2) is 0 Å². The molecule has 0 atom stereocenters. The van der Waals surface area contributed by atoms with Crippen molar-refractivity contribution >= 4 is 11.4 Å². The number of benzene rings is 2. The minimum Gasteiger partial charge on any atom is -0.698 e. The first-order valence-electron chi connectivity index (χ1n) is 5.40. The molecule has 0 aliphatic heterocycles. The van der Waals surface area contributed by atoms with Gasteiger partial charge in [0.05, 0.1) is 5.71 Å². The van der Waals surface area contributed by atoms with Gasteiger partial charge in [-0.15, -0.1) is 5.70 Å². The molecule has 2 aromatic rings. The maximum atomic E-state index is 7.91. The van der Waals surface area contributed by atoms with Gasteiger partial charge in [-0.3, -0.25) is 0 Å².